The number of nitrogens with one attached hydrogen (secondary N) is 1. The van der Waals surface area contributed by atoms with Crippen LogP contribution in [-0.4, -0.2) is 66.5 Å². The predicted molar refractivity (Wildman–Crippen MR) is 120 cm³/mol. The Balaban J connectivity index is 1.92. The lowest BCUT2D eigenvalue weighted by Gasteiger charge is -2.19. The third-order valence-electron chi connectivity index (χ3n) is 4.03. The number of hydrogen-bond acceptors (Lipinski definition) is 12. The summed E-state index contributed by atoms with van der Waals surface area (Å²) in [5.41, 5.74) is -1.71. The summed E-state index contributed by atoms with van der Waals surface area (Å²) in [4.78, 5) is 48.4. The third kappa shape index (κ3) is 9.99. The average molecular weight is 561 g/mol. The number of hydrogen-bond donors (Lipinski definition) is 1. The number of ether oxygens (including phenoxy) is 5. The molecule has 0 bridgehead atoms. The lowest BCUT2D eigenvalue weighted by molar-refractivity contribution is -0.0527. The number of rotatable bonds is 12. The summed E-state index contributed by atoms with van der Waals surface area (Å²) in [5.74, 6) is 0. The van der Waals surface area contributed by atoms with Crippen molar-refractivity contribution in [3.8, 4) is 0 Å². The van der Waals surface area contributed by atoms with E-state index in [0.29, 0.717) is 0 Å². The van der Waals surface area contributed by atoms with Crippen LogP contribution in [0.2, 0.25) is 5.02 Å². The van der Waals surface area contributed by atoms with E-state index in [2.05, 4.69) is 0 Å². The average Bonchev–Trinajstić information content (AvgIpc) is 3.13. The molecule has 1 aliphatic heterocycles. The molecule has 0 amide bonds. The van der Waals surface area contributed by atoms with E-state index in [4.69, 9.17) is 48.9 Å². The largest absolute Gasteiger partial charge is 0.510 e. The maximum absolute atomic E-state index is 14.6. The minimum Gasteiger partial charge on any atom is -0.432 e. The molecule has 1 aromatic rings. The first-order valence-electron chi connectivity index (χ1n) is 10.6. The van der Waals surface area contributed by atoms with Gasteiger partial charge in [-0.1, -0.05) is 11.6 Å². The Morgan fingerprint density at radius 2 is 1.67 bits per heavy atom. The summed E-state index contributed by atoms with van der Waals surface area (Å²) in [5, 5.41) is -0.317. The fourth-order valence-electron chi connectivity index (χ4n) is 2.65. The predicted octanol–water partition coefficient (Wildman–Crippen LogP) is 3.13. The highest BCUT2D eigenvalue weighted by atomic mass is 35.5. The highest BCUT2D eigenvalue weighted by Crippen LogP contribution is 2.41. The van der Waals surface area contributed by atoms with Gasteiger partial charge in [0, 0.05) is 12.6 Å². The van der Waals surface area contributed by atoms with Gasteiger partial charge >= 0.3 is 26.6 Å². The molecule has 3 atom stereocenters. The molecule has 2 rings (SSSR count). The molecule has 0 saturated carbocycles. The monoisotopic (exact) mass is 560 g/mol. The molecule has 17 heteroatoms. The summed E-state index contributed by atoms with van der Waals surface area (Å²) < 4.78 is 55.8. The molecular weight excluding hydrogens is 534 g/mol. The van der Waals surface area contributed by atoms with Crippen LogP contribution in [0.3, 0.4) is 0 Å². The molecule has 1 aliphatic rings. The molecule has 3 unspecified atom stereocenters. The van der Waals surface area contributed by atoms with Crippen LogP contribution in [0.25, 0.3) is 0 Å². The van der Waals surface area contributed by atoms with Crippen LogP contribution in [0.15, 0.2) is 15.8 Å². The minimum absolute atomic E-state index is 0.175. The zero-order valence-electron chi connectivity index (χ0n) is 19.8. The maximum Gasteiger partial charge on any atom is 0.510 e. The van der Waals surface area contributed by atoms with Gasteiger partial charge in [-0.25, -0.2) is 18.8 Å². The highest BCUT2D eigenvalue weighted by Gasteiger charge is 2.38. The molecule has 204 valence electrons. The Labute approximate surface area is 210 Å². The van der Waals surface area contributed by atoms with E-state index < -0.39 is 76.5 Å². The number of aromatic amines is 1. The molecular formula is C19H27ClFN2O12P. The molecule has 0 aliphatic carbocycles. The van der Waals surface area contributed by atoms with E-state index >= 15 is 0 Å². The van der Waals surface area contributed by atoms with E-state index in [1.54, 1.807) is 27.7 Å². The molecule has 1 saturated heterocycles. The van der Waals surface area contributed by atoms with E-state index in [1.807, 2.05) is 4.98 Å². The van der Waals surface area contributed by atoms with Gasteiger partial charge in [0.05, 0.1) is 24.9 Å². The van der Waals surface area contributed by atoms with Gasteiger partial charge in [0.2, 0.25) is 13.6 Å². The number of carbonyl (C=O) groups is 2. The summed E-state index contributed by atoms with van der Waals surface area (Å²) >= 11 is 5.72. The molecule has 1 N–H and O–H groups in total. The Morgan fingerprint density at radius 3 is 2.19 bits per heavy atom. The molecule has 0 radical (unpaired) electrons. The van der Waals surface area contributed by atoms with Crippen molar-refractivity contribution in [3.05, 3.63) is 32.1 Å². The smallest absolute Gasteiger partial charge is 0.432 e. The fraction of sp³-hybridized carbons (Fsp3) is 0.684. The Morgan fingerprint density at radius 1 is 1.11 bits per heavy atom. The van der Waals surface area contributed by atoms with Crippen LogP contribution in [0.4, 0.5) is 14.0 Å². The van der Waals surface area contributed by atoms with Gasteiger partial charge in [0.25, 0.3) is 5.56 Å². The topological polar surface area (TPSA) is 163 Å². The standard InChI is InChI=1S/C19H27ClFN2O12P/c1-10(2)33-18(26)28-8-31-36(32-9-29-19(27)34-11(3)4)30-7-12-5-14(21)16(35-12)23-6-13(20)15(24)22-17(23)25/h6,10-12,14,16H,5,7-9H2,1-4H3,(H,22,24,25). The molecule has 14 nitrogen and oxygen atoms in total. The second kappa shape index (κ2) is 14.4. The minimum atomic E-state index is -2.28. The molecule has 1 aromatic heterocycles. The SMILES string of the molecule is CC(C)OC(=O)OCOP(OCOC(=O)OC(C)C)OCC1CC(F)C(n2cc(Cl)c(=O)[nH]c2=O)O1. The Hall–Kier alpha value is -2.29. The van der Waals surface area contributed by atoms with Gasteiger partial charge in [-0.3, -0.25) is 23.4 Å². The van der Waals surface area contributed by atoms with Crippen molar-refractivity contribution in [1.29, 1.82) is 0 Å². The van der Waals surface area contributed by atoms with Gasteiger partial charge in [0.15, 0.2) is 6.23 Å². The number of nitrogens with zero attached hydrogens (tertiary/aromatic N) is 1. The van der Waals surface area contributed by atoms with E-state index in [-0.39, 0.29) is 18.1 Å². The van der Waals surface area contributed by atoms with Crippen LogP contribution in [0, 0.1) is 0 Å². The number of aromatic nitrogens is 2. The summed E-state index contributed by atoms with van der Waals surface area (Å²) in [6, 6.07) is 0. The molecule has 0 aromatic carbocycles. The summed E-state index contributed by atoms with van der Waals surface area (Å²) in [7, 11) is -2.28. The van der Waals surface area contributed by atoms with Crippen molar-refractivity contribution in [1.82, 2.24) is 9.55 Å². The second-order valence-corrected chi connectivity index (χ2v) is 9.31. The van der Waals surface area contributed by atoms with Crippen LogP contribution < -0.4 is 11.2 Å². The zero-order valence-corrected chi connectivity index (χ0v) is 21.5. The third-order valence-corrected chi connectivity index (χ3v) is 5.29. The van der Waals surface area contributed by atoms with Crippen molar-refractivity contribution in [3.63, 3.8) is 0 Å². The molecule has 2 heterocycles. The normalized spacial score (nSPS) is 19.6. The van der Waals surface area contributed by atoms with Gasteiger partial charge in [-0.15, -0.1) is 0 Å². The summed E-state index contributed by atoms with van der Waals surface area (Å²) in [6.07, 6.45) is -5.89. The number of halogens is 2. The van der Waals surface area contributed by atoms with Gasteiger partial charge in [-0.05, 0) is 27.7 Å². The van der Waals surface area contributed by atoms with Crippen molar-refractivity contribution >= 4 is 32.5 Å². The quantitative estimate of drug-likeness (QED) is 0.226. The zero-order chi connectivity index (χ0) is 26.8. The van der Waals surface area contributed by atoms with Crippen LogP contribution >= 0.6 is 20.2 Å². The lowest BCUT2D eigenvalue weighted by atomic mass is 10.2. The van der Waals surface area contributed by atoms with Crippen molar-refractivity contribution in [2.45, 2.75) is 64.8 Å². The molecule has 36 heavy (non-hydrogen) atoms. The molecule has 0 spiro atoms. The van der Waals surface area contributed by atoms with Crippen LogP contribution in [-0.2, 0) is 37.3 Å². The van der Waals surface area contributed by atoms with E-state index in [0.717, 1.165) is 10.8 Å². The van der Waals surface area contributed by atoms with Crippen molar-refractivity contribution in [2.75, 3.05) is 20.2 Å². The van der Waals surface area contributed by atoms with Gasteiger partial charge in [0.1, 0.15) is 11.2 Å². The summed E-state index contributed by atoms with van der Waals surface area (Å²) in [6.45, 7) is 4.96. The number of carbonyl (C=O) groups excluding carboxylic acids is 2. The van der Waals surface area contributed by atoms with Gasteiger partial charge in [-0.2, -0.15) is 0 Å². The number of H-pyrrole nitrogens is 1. The van der Waals surface area contributed by atoms with Gasteiger partial charge < -0.3 is 28.2 Å². The highest BCUT2D eigenvalue weighted by molar-refractivity contribution is 7.41. The van der Waals surface area contributed by atoms with Crippen molar-refractivity contribution in [2.24, 2.45) is 0 Å². The first kappa shape index (κ1) is 29.9. The molecule has 1 fully saturated rings. The van der Waals surface area contributed by atoms with Crippen molar-refractivity contribution < 1.29 is 51.2 Å². The maximum atomic E-state index is 14.6. The number of alkyl halides is 1. The fourth-order valence-corrected chi connectivity index (χ4v) is 3.59. The Kier molecular flexibility index (Phi) is 12.0. The first-order chi connectivity index (χ1) is 17.0. The lowest BCUT2D eigenvalue weighted by Crippen LogP contribution is -2.34. The van der Waals surface area contributed by atoms with Crippen LogP contribution in [0.1, 0.15) is 40.3 Å². The van der Waals surface area contributed by atoms with Crippen LogP contribution in [0.5, 0.6) is 0 Å². The first-order valence-corrected chi connectivity index (χ1v) is 12.1. The van der Waals surface area contributed by atoms with E-state index in [1.165, 1.54) is 0 Å². The van der Waals surface area contributed by atoms with E-state index in [9.17, 15) is 23.6 Å². The second-order valence-electron chi connectivity index (χ2n) is 7.68. The Bertz CT molecular complexity index is 962.